The fourth-order valence-electron chi connectivity index (χ4n) is 9.74. The van der Waals surface area contributed by atoms with Crippen LogP contribution in [0.25, 0.3) is 0 Å². The summed E-state index contributed by atoms with van der Waals surface area (Å²) in [6, 6.07) is 5.33. The Hall–Kier alpha value is -2.37. The summed E-state index contributed by atoms with van der Waals surface area (Å²) in [5, 5.41) is 107. The maximum atomic E-state index is 14.2. The molecule has 0 bridgehead atoms. The van der Waals surface area contributed by atoms with Crippen LogP contribution in [0, 0.1) is 17.8 Å². The minimum absolute atomic E-state index is 0.0659. The Morgan fingerprint density at radius 3 is 2.24 bits per heavy atom. The number of fused-ring (bicyclic) bond motifs is 3. The van der Waals surface area contributed by atoms with E-state index in [9.17, 15) is 64.9 Å². The van der Waals surface area contributed by atoms with Crippen LogP contribution in [0.15, 0.2) is 24.3 Å². The zero-order valence-electron chi connectivity index (χ0n) is 34.5. The molecule has 1 aromatic carbocycles. The first-order chi connectivity index (χ1) is 29.8. The number of hydrogen-bond donors (Lipinski definition) is 10. The molecular formula is C40H56O22S. The van der Waals surface area contributed by atoms with Gasteiger partial charge in [0.1, 0.15) is 66.3 Å². The fourth-order valence-corrected chi connectivity index (χ4v) is 11.8. The number of ketones is 1. The zero-order chi connectivity index (χ0) is 45.5. The van der Waals surface area contributed by atoms with Crippen LogP contribution >= 0.6 is 0 Å². The van der Waals surface area contributed by atoms with Crippen molar-refractivity contribution in [1.82, 2.24) is 0 Å². The molecular weight excluding hydrogens is 864 g/mol. The Bertz CT molecular complexity index is 1860. The van der Waals surface area contributed by atoms with E-state index in [1.54, 1.807) is 6.92 Å². The summed E-state index contributed by atoms with van der Waals surface area (Å²) in [5.74, 6) is -6.47. The summed E-state index contributed by atoms with van der Waals surface area (Å²) in [6.07, 6.45) is -23.5. The Labute approximate surface area is 362 Å². The van der Waals surface area contributed by atoms with Gasteiger partial charge in [-0.3, -0.25) is 9.00 Å². The molecule has 8 rings (SSSR count). The number of phenolic OH excluding ortho intramolecular Hbond substituents is 1. The Morgan fingerprint density at radius 1 is 0.873 bits per heavy atom. The quantitative estimate of drug-likeness (QED) is 0.0992. The first kappa shape index (κ1) is 47.1. The molecule has 1 saturated carbocycles. The van der Waals surface area contributed by atoms with E-state index in [0.29, 0.717) is 0 Å². The molecule has 7 aliphatic rings. The van der Waals surface area contributed by atoms with Crippen molar-refractivity contribution in [3.8, 4) is 5.75 Å². The molecule has 6 aliphatic heterocycles. The van der Waals surface area contributed by atoms with Gasteiger partial charge < -0.3 is 93.7 Å². The second-order valence-corrected chi connectivity index (χ2v) is 19.5. The van der Waals surface area contributed by atoms with Crippen LogP contribution in [0.3, 0.4) is 0 Å². The number of rotatable bonds is 10. The van der Waals surface area contributed by atoms with E-state index >= 15 is 0 Å². The Morgan fingerprint density at radius 2 is 1.57 bits per heavy atom. The average molecular weight is 921 g/mol. The summed E-state index contributed by atoms with van der Waals surface area (Å²) in [7, 11) is -1.91. The lowest BCUT2D eigenvalue weighted by Gasteiger charge is -2.47. The first-order valence-electron chi connectivity index (χ1n) is 21.0. The van der Waals surface area contributed by atoms with E-state index in [-0.39, 0.29) is 43.1 Å². The number of esters is 1. The lowest BCUT2D eigenvalue weighted by molar-refractivity contribution is -0.377. The van der Waals surface area contributed by atoms with Crippen molar-refractivity contribution >= 4 is 22.6 Å². The lowest BCUT2D eigenvalue weighted by atomic mass is 9.70. The highest BCUT2D eigenvalue weighted by Crippen LogP contribution is 2.53. The smallest absolute Gasteiger partial charge is 0.338 e. The third-order valence-electron chi connectivity index (χ3n) is 13.9. The molecule has 10 N–H and O–H groups in total. The normalized spacial score (nSPS) is 51.0. The van der Waals surface area contributed by atoms with Crippen LogP contribution in [0.5, 0.6) is 5.75 Å². The summed E-state index contributed by atoms with van der Waals surface area (Å²) in [5.41, 5.74) is -4.16. The van der Waals surface area contributed by atoms with Gasteiger partial charge in [-0.1, -0.05) is 13.8 Å². The summed E-state index contributed by atoms with van der Waals surface area (Å²) in [4.78, 5) is 27.3. The molecule has 23 atom stereocenters. The number of aromatic hydroxyl groups is 1. The van der Waals surface area contributed by atoms with Gasteiger partial charge in [0.2, 0.25) is 11.6 Å². The number of benzene rings is 1. The molecule has 1 spiro atoms. The standard InChI is InChI=1S/C40H56O22S/c1-15-11-55-39(9-21(15)57-33(49)18-4-6-19(43)7-5-18)37(50)40(52)24(44)8-20-23(12-63(53)31(20)32(40)62-39)59-36-30(27(47)25(45)17(3)56-36)61-35-28(48)29(26(46)22(10-41)58-35)60-34-16(2)38(51,13-42)14-54-34/h4-7,15-17,20-32,34-36,41-48,51-52H,8-14H2,1-3H3/t15-,16+,17-,20-,21+,22-,23+,24+,25-,26-,27+,28-,29+,30-,31+,32-,34+,35+,36+,38-,39+,40-,63+/m1/s1. The highest BCUT2D eigenvalue weighted by molar-refractivity contribution is 7.86. The number of phenols is 1. The van der Waals surface area contributed by atoms with E-state index in [1.165, 1.54) is 38.1 Å². The third kappa shape index (κ3) is 8.07. The molecule has 7 fully saturated rings. The van der Waals surface area contributed by atoms with E-state index < -0.39 is 168 Å². The molecule has 0 radical (unpaired) electrons. The van der Waals surface area contributed by atoms with Crippen LogP contribution < -0.4 is 0 Å². The van der Waals surface area contributed by atoms with Crippen LogP contribution in [0.2, 0.25) is 0 Å². The van der Waals surface area contributed by atoms with E-state index in [1.807, 2.05) is 0 Å². The number of carbonyl (C=O) groups excluding carboxylic acids is 2. The number of hydrogen-bond acceptors (Lipinski definition) is 22. The second kappa shape index (κ2) is 17.7. The number of ether oxygens (including phenoxy) is 9. The second-order valence-electron chi connectivity index (χ2n) is 17.9. The topological polar surface area (TPSA) is 337 Å². The number of aliphatic hydroxyl groups is 9. The van der Waals surface area contributed by atoms with Gasteiger partial charge in [0, 0.05) is 35.0 Å². The highest BCUT2D eigenvalue weighted by Gasteiger charge is 2.75. The lowest BCUT2D eigenvalue weighted by Crippen LogP contribution is -2.66. The fraction of sp³-hybridized carbons (Fsp3) is 0.800. The van der Waals surface area contributed by atoms with E-state index in [2.05, 4.69) is 0 Å². The molecule has 63 heavy (non-hydrogen) atoms. The molecule has 354 valence electrons. The van der Waals surface area contributed by atoms with Crippen LogP contribution in [0.1, 0.15) is 44.0 Å². The van der Waals surface area contributed by atoms with Crippen molar-refractivity contribution in [2.75, 3.05) is 32.2 Å². The minimum atomic E-state index is -2.60. The van der Waals surface area contributed by atoms with Crippen molar-refractivity contribution < 1.29 is 107 Å². The van der Waals surface area contributed by atoms with Crippen molar-refractivity contribution in [3.05, 3.63) is 29.8 Å². The Balaban J connectivity index is 0.994. The molecule has 6 heterocycles. The molecule has 22 nitrogen and oxygen atoms in total. The Kier molecular flexibility index (Phi) is 13.2. The monoisotopic (exact) mass is 920 g/mol. The van der Waals surface area contributed by atoms with Gasteiger partial charge in [0.25, 0.3) is 0 Å². The predicted octanol–water partition coefficient (Wildman–Crippen LogP) is -4.34. The highest BCUT2D eigenvalue weighted by atomic mass is 32.2. The van der Waals surface area contributed by atoms with Gasteiger partial charge in [-0.25, -0.2) is 4.79 Å². The van der Waals surface area contributed by atoms with Crippen LogP contribution in [0.4, 0.5) is 0 Å². The van der Waals surface area contributed by atoms with Crippen molar-refractivity contribution in [3.63, 3.8) is 0 Å². The van der Waals surface area contributed by atoms with Crippen molar-refractivity contribution in [2.45, 2.75) is 148 Å². The first-order valence-corrected chi connectivity index (χ1v) is 22.3. The average Bonchev–Trinajstić information content (AvgIpc) is 3.80. The van der Waals surface area contributed by atoms with Crippen LogP contribution in [-0.2, 0) is 58.2 Å². The van der Waals surface area contributed by atoms with E-state index in [0.717, 1.165) is 0 Å². The predicted molar refractivity (Wildman–Crippen MR) is 205 cm³/mol. The van der Waals surface area contributed by atoms with Crippen molar-refractivity contribution in [2.24, 2.45) is 17.8 Å². The number of Topliss-reactive ketones (excluding diaryl/α,β-unsaturated/α-hetero) is 1. The molecule has 1 aliphatic carbocycles. The van der Waals surface area contributed by atoms with Gasteiger partial charge in [-0.15, -0.1) is 0 Å². The maximum absolute atomic E-state index is 14.2. The van der Waals surface area contributed by atoms with Crippen LogP contribution in [-0.4, -0.2) is 214 Å². The van der Waals surface area contributed by atoms with Gasteiger partial charge in [-0.2, -0.15) is 0 Å². The van der Waals surface area contributed by atoms with Gasteiger partial charge in [-0.05, 0) is 37.6 Å². The molecule has 23 heteroatoms. The largest absolute Gasteiger partial charge is 0.508 e. The van der Waals surface area contributed by atoms with E-state index in [4.69, 9.17) is 42.6 Å². The molecule has 6 saturated heterocycles. The molecule has 0 amide bonds. The molecule has 0 unspecified atom stereocenters. The summed E-state index contributed by atoms with van der Waals surface area (Å²) in [6.45, 7) is 2.73. The number of aliphatic hydroxyl groups excluding tert-OH is 7. The zero-order valence-corrected chi connectivity index (χ0v) is 35.3. The third-order valence-corrected chi connectivity index (χ3v) is 15.7. The van der Waals surface area contributed by atoms with Gasteiger partial charge in [0.15, 0.2) is 24.5 Å². The molecule has 1 aromatic rings. The summed E-state index contributed by atoms with van der Waals surface area (Å²) < 4.78 is 67.4. The summed E-state index contributed by atoms with van der Waals surface area (Å²) >= 11 is 0. The molecule has 0 aromatic heterocycles. The SMILES string of the molecule is C[C@@H]1CO[C@@]2(C[C@@H]1OC(=O)c1ccc(O)cc1)O[C@@H]1[C@@H]3[C@H](C[C@H](O)[C@]1(O)C2=O)[C@@H](O[C@@H]1O[C@H](C)[C@@H](O)[C@H](O)[C@H]1O[C@@H]1O[C@H](CO)[C@@H](O)[C@H](O[C@@H]2OC[C@](O)(CO)[C@H]2C)[C@H]1O)C[S@@]3=O. The maximum Gasteiger partial charge on any atom is 0.338 e. The van der Waals surface area contributed by atoms with Gasteiger partial charge >= 0.3 is 5.97 Å². The minimum Gasteiger partial charge on any atom is -0.508 e. The van der Waals surface area contributed by atoms with Gasteiger partial charge in [0.05, 0.1) is 61.3 Å². The number of carbonyl (C=O) groups is 2. The van der Waals surface area contributed by atoms with Crippen molar-refractivity contribution in [1.29, 1.82) is 0 Å².